The van der Waals surface area contributed by atoms with Crippen molar-refractivity contribution in [2.24, 2.45) is 0 Å². The molecule has 5 nitrogen and oxygen atoms in total. The van der Waals surface area contributed by atoms with Crippen LogP contribution in [0.2, 0.25) is 0 Å². The van der Waals surface area contributed by atoms with Crippen LogP contribution in [0.3, 0.4) is 0 Å². The largest absolute Gasteiger partial charge is 0.619 e. The minimum atomic E-state index is -0.518. The van der Waals surface area contributed by atoms with Crippen molar-refractivity contribution >= 4 is 6.09 Å². The van der Waals surface area contributed by atoms with E-state index in [1.165, 1.54) is 6.20 Å². The number of hydrogen-bond donors (Lipinski definition) is 1. The molecular weight excluding hydrogens is 220 g/mol. The zero-order valence-corrected chi connectivity index (χ0v) is 10.6. The maximum absolute atomic E-state index is 11.4. The number of nitrogens with one attached hydrogen (secondary N) is 1. The van der Waals surface area contributed by atoms with Gasteiger partial charge in [-0.1, -0.05) is 0 Å². The van der Waals surface area contributed by atoms with E-state index in [1.807, 2.05) is 0 Å². The van der Waals surface area contributed by atoms with Gasteiger partial charge < -0.3 is 15.3 Å². The highest BCUT2D eigenvalue weighted by Crippen LogP contribution is 2.06. The first-order valence-electron chi connectivity index (χ1n) is 5.43. The van der Waals surface area contributed by atoms with Crippen LogP contribution < -0.4 is 10.0 Å². The molecule has 0 radical (unpaired) electrons. The number of ether oxygens (including phenoxy) is 1. The molecule has 0 bridgehead atoms. The van der Waals surface area contributed by atoms with Gasteiger partial charge in [-0.05, 0) is 26.8 Å². The van der Waals surface area contributed by atoms with Gasteiger partial charge in [-0.25, -0.2) is 4.79 Å². The standard InChI is InChI=1S/C12H18N2O3/c1-9-5-6-10(8-14(9)16)7-13-11(15)17-12(2,3)4/h5-6,8H,7H2,1-4H3,(H,13,15). The molecule has 0 aliphatic carbocycles. The van der Waals surface area contributed by atoms with Crippen molar-refractivity contribution in [2.45, 2.75) is 39.8 Å². The Bertz CT molecular complexity index is 411. The summed E-state index contributed by atoms with van der Waals surface area (Å²) in [4.78, 5) is 11.4. The predicted molar refractivity (Wildman–Crippen MR) is 63.2 cm³/mol. The first-order chi connectivity index (χ1) is 7.78. The van der Waals surface area contributed by atoms with E-state index in [-0.39, 0.29) is 6.54 Å². The Morgan fingerprint density at radius 3 is 2.65 bits per heavy atom. The van der Waals surface area contributed by atoms with Gasteiger partial charge in [0.1, 0.15) is 5.60 Å². The van der Waals surface area contributed by atoms with E-state index in [2.05, 4.69) is 5.32 Å². The minimum Gasteiger partial charge on any atom is -0.619 e. The maximum atomic E-state index is 11.4. The SMILES string of the molecule is Cc1ccc(CNC(=O)OC(C)(C)C)c[n+]1[O-]. The lowest BCUT2D eigenvalue weighted by atomic mass is 10.2. The summed E-state index contributed by atoms with van der Waals surface area (Å²) in [6.07, 6.45) is 0.947. The Labute approximate surface area is 101 Å². The fraction of sp³-hybridized carbons (Fsp3) is 0.500. The molecule has 0 unspecified atom stereocenters. The van der Waals surface area contributed by atoms with Crippen molar-refractivity contribution in [3.05, 3.63) is 34.8 Å². The number of amides is 1. The molecule has 5 heteroatoms. The van der Waals surface area contributed by atoms with Gasteiger partial charge in [-0.3, -0.25) is 0 Å². The van der Waals surface area contributed by atoms with Gasteiger partial charge >= 0.3 is 6.09 Å². The van der Waals surface area contributed by atoms with Crippen LogP contribution in [0.25, 0.3) is 0 Å². The number of carbonyl (C=O) groups is 1. The Balaban J connectivity index is 2.50. The van der Waals surface area contributed by atoms with Crippen LogP contribution in [-0.4, -0.2) is 11.7 Å². The summed E-state index contributed by atoms with van der Waals surface area (Å²) in [5.41, 5.74) is 0.831. The Hall–Kier alpha value is -1.78. The van der Waals surface area contributed by atoms with E-state index < -0.39 is 11.7 Å². The molecule has 1 heterocycles. The van der Waals surface area contributed by atoms with Gasteiger partial charge in [0, 0.05) is 18.6 Å². The van der Waals surface area contributed by atoms with Crippen molar-refractivity contribution in [2.75, 3.05) is 0 Å². The molecule has 94 valence electrons. The van der Waals surface area contributed by atoms with Crippen molar-refractivity contribution in [3.63, 3.8) is 0 Å². The summed E-state index contributed by atoms with van der Waals surface area (Å²) in [6, 6.07) is 3.50. The van der Waals surface area contributed by atoms with Gasteiger partial charge in [-0.15, -0.1) is 0 Å². The molecule has 0 aliphatic rings. The molecule has 17 heavy (non-hydrogen) atoms. The fourth-order valence-electron chi connectivity index (χ4n) is 1.19. The van der Waals surface area contributed by atoms with Gasteiger partial charge in [0.25, 0.3) is 0 Å². The van der Waals surface area contributed by atoms with E-state index >= 15 is 0 Å². The molecule has 0 atom stereocenters. The highest BCUT2D eigenvalue weighted by molar-refractivity contribution is 5.67. The molecule has 1 N–H and O–H groups in total. The molecule has 0 aromatic carbocycles. The van der Waals surface area contributed by atoms with Crippen LogP contribution in [0.15, 0.2) is 18.3 Å². The third-order valence-corrected chi connectivity index (χ3v) is 2.01. The van der Waals surface area contributed by atoms with Crippen molar-refractivity contribution in [3.8, 4) is 0 Å². The summed E-state index contributed by atoms with van der Waals surface area (Å²) in [5, 5.41) is 13.9. The quantitative estimate of drug-likeness (QED) is 0.629. The van der Waals surface area contributed by atoms with Crippen LogP contribution >= 0.6 is 0 Å². The van der Waals surface area contributed by atoms with E-state index in [4.69, 9.17) is 4.74 Å². The van der Waals surface area contributed by atoms with Crippen LogP contribution in [0.5, 0.6) is 0 Å². The highest BCUT2D eigenvalue weighted by Gasteiger charge is 2.15. The van der Waals surface area contributed by atoms with Gasteiger partial charge in [0.15, 0.2) is 11.9 Å². The lowest BCUT2D eigenvalue weighted by Crippen LogP contribution is -2.34. The van der Waals surface area contributed by atoms with Crippen LogP contribution in [0.1, 0.15) is 32.0 Å². The normalized spacial score (nSPS) is 11.1. The first-order valence-corrected chi connectivity index (χ1v) is 5.43. The number of carbonyl (C=O) groups excluding carboxylic acids is 1. The number of aryl methyl sites for hydroxylation is 1. The third kappa shape index (κ3) is 4.72. The topological polar surface area (TPSA) is 65.3 Å². The lowest BCUT2D eigenvalue weighted by Gasteiger charge is -2.19. The second kappa shape index (κ2) is 5.03. The van der Waals surface area contributed by atoms with Gasteiger partial charge in [0.05, 0.1) is 6.54 Å². The molecule has 0 fully saturated rings. The Morgan fingerprint density at radius 2 is 2.12 bits per heavy atom. The maximum Gasteiger partial charge on any atom is 0.407 e. The van der Waals surface area contributed by atoms with E-state index in [0.29, 0.717) is 5.69 Å². The predicted octanol–water partition coefficient (Wildman–Crippen LogP) is 1.65. The molecule has 1 aromatic heterocycles. The number of nitrogens with zero attached hydrogens (tertiary/aromatic N) is 1. The first kappa shape index (κ1) is 13.3. The summed E-state index contributed by atoms with van der Waals surface area (Å²) in [5.74, 6) is 0. The van der Waals surface area contributed by atoms with Crippen molar-refractivity contribution < 1.29 is 14.3 Å². The molecule has 0 spiro atoms. The van der Waals surface area contributed by atoms with Crippen LogP contribution in [-0.2, 0) is 11.3 Å². The Kier molecular flexibility index (Phi) is 3.93. The lowest BCUT2D eigenvalue weighted by molar-refractivity contribution is -0.612. The van der Waals surface area contributed by atoms with Crippen molar-refractivity contribution in [1.29, 1.82) is 0 Å². The number of rotatable bonds is 2. The third-order valence-electron chi connectivity index (χ3n) is 2.01. The molecule has 1 rings (SSSR count). The monoisotopic (exact) mass is 238 g/mol. The summed E-state index contributed by atoms with van der Waals surface area (Å²) < 4.78 is 5.85. The molecule has 1 amide bonds. The average Bonchev–Trinajstić information content (AvgIpc) is 2.17. The fourth-order valence-corrected chi connectivity index (χ4v) is 1.19. The smallest absolute Gasteiger partial charge is 0.407 e. The second-order valence-corrected chi connectivity index (χ2v) is 4.86. The molecule has 0 aliphatic heterocycles. The summed E-state index contributed by atoms with van der Waals surface area (Å²) >= 11 is 0. The van der Waals surface area contributed by atoms with E-state index in [0.717, 1.165) is 10.3 Å². The van der Waals surface area contributed by atoms with Crippen molar-refractivity contribution in [1.82, 2.24) is 5.32 Å². The number of pyridine rings is 1. The molecule has 0 saturated heterocycles. The number of aromatic nitrogens is 1. The molecule has 0 saturated carbocycles. The molecular formula is C12H18N2O3. The number of alkyl carbamates (subject to hydrolysis) is 1. The number of hydrogen-bond acceptors (Lipinski definition) is 3. The molecule has 1 aromatic rings. The minimum absolute atomic E-state index is 0.275. The van der Waals surface area contributed by atoms with E-state index in [9.17, 15) is 10.0 Å². The zero-order chi connectivity index (χ0) is 13.1. The zero-order valence-electron chi connectivity index (χ0n) is 10.6. The average molecular weight is 238 g/mol. The van der Waals surface area contributed by atoms with Gasteiger partial charge in [-0.2, -0.15) is 4.73 Å². The van der Waals surface area contributed by atoms with Gasteiger partial charge in [0.2, 0.25) is 0 Å². The Morgan fingerprint density at radius 1 is 1.47 bits per heavy atom. The summed E-state index contributed by atoms with van der Waals surface area (Å²) in [6.45, 7) is 7.38. The summed E-state index contributed by atoms with van der Waals surface area (Å²) in [7, 11) is 0. The van der Waals surface area contributed by atoms with Crippen LogP contribution in [0.4, 0.5) is 4.79 Å². The van der Waals surface area contributed by atoms with Crippen LogP contribution in [0, 0.1) is 12.1 Å². The highest BCUT2D eigenvalue weighted by atomic mass is 16.6. The van der Waals surface area contributed by atoms with E-state index in [1.54, 1.807) is 39.8 Å². The second-order valence-electron chi connectivity index (χ2n) is 4.86.